The third-order valence-electron chi connectivity index (χ3n) is 3.38. The molecule has 0 amide bonds. The van der Waals surface area contributed by atoms with Crippen molar-refractivity contribution in [1.29, 1.82) is 0 Å². The zero-order valence-electron chi connectivity index (χ0n) is 10.6. The molecule has 0 spiro atoms. The van der Waals surface area contributed by atoms with Gasteiger partial charge in [-0.15, -0.1) is 0 Å². The Balaban J connectivity index is 2.27. The van der Waals surface area contributed by atoms with Crippen LogP contribution in [0, 0.1) is 17.0 Å². The first-order valence-corrected chi connectivity index (χ1v) is 6.08. The summed E-state index contributed by atoms with van der Waals surface area (Å²) in [6, 6.07) is 4.69. The number of carbonyl (C=O) groups is 1. The first kappa shape index (κ1) is 13.3. The van der Waals surface area contributed by atoms with Crippen LogP contribution in [0.4, 0.5) is 5.69 Å². The molecule has 19 heavy (non-hydrogen) atoms. The van der Waals surface area contributed by atoms with E-state index in [2.05, 4.69) is 0 Å². The number of rotatable bonds is 5. The predicted molar refractivity (Wildman–Crippen MR) is 67.3 cm³/mol. The highest BCUT2D eigenvalue weighted by Gasteiger charge is 2.42. The molecule has 0 saturated heterocycles. The highest BCUT2D eigenvalue weighted by Crippen LogP contribution is 2.42. The summed E-state index contributed by atoms with van der Waals surface area (Å²) in [5.74, 6) is -0.800. The Morgan fingerprint density at radius 2 is 2.21 bits per heavy atom. The van der Waals surface area contributed by atoms with Crippen LogP contribution in [0.1, 0.15) is 31.2 Å². The fourth-order valence-electron chi connectivity index (χ4n) is 2.25. The molecular weight excluding hydrogens is 250 g/mol. The lowest BCUT2D eigenvalue weighted by Gasteiger charge is -2.40. The first-order valence-electron chi connectivity index (χ1n) is 6.08. The van der Waals surface area contributed by atoms with Gasteiger partial charge in [-0.25, -0.2) is 0 Å². The largest absolute Gasteiger partial charge is 0.481 e. The van der Waals surface area contributed by atoms with E-state index in [9.17, 15) is 14.9 Å². The first-order chi connectivity index (χ1) is 8.92. The van der Waals surface area contributed by atoms with E-state index in [1.807, 2.05) is 0 Å². The van der Waals surface area contributed by atoms with Crippen molar-refractivity contribution in [2.45, 2.75) is 38.2 Å². The molecule has 0 aliphatic heterocycles. The summed E-state index contributed by atoms with van der Waals surface area (Å²) in [4.78, 5) is 21.4. The Kier molecular flexibility index (Phi) is 3.42. The molecule has 0 unspecified atom stereocenters. The van der Waals surface area contributed by atoms with Crippen LogP contribution in [0.5, 0.6) is 5.75 Å². The normalized spacial score (nSPS) is 16.5. The number of carboxylic acids is 1. The Morgan fingerprint density at radius 1 is 1.53 bits per heavy atom. The summed E-state index contributed by atoms with van der Waals surface area (Å²) >= 11 is 0. The van der Waals surface area contributed by atoms with Crippen LogP contribution in [0.2, 0.25) is 0 Å². The molecule has 2 rings (SSSR count). The summed E-state index contributed by atoms with van der Waals surface area (Å²) < 4.78 is 5.67. The van der Waals surface area contributed by atoms with Crippen LogP contribution in [-0.2, 0) is 4.79 Å². The number of ether oxygens (including phenoxy) is 1. The lowest BCUT2D eigenvalue weighted by molar-refractivity contribution is -0.386. The number of nitrogens with zero attached hydrogens (tertiary/aromatic N) is 1. The van der Waals surface area contributed by atoms with Crippen LogP contribution in [0.25, 0.3) is 0 Å². The van der Waals surface area contributed by atoms with Gasteiger partial charge in [-0.1, -0.05) is 6.07 Å². The Labute approximate surface area is 110 Å². The average Bonchev–Trinajstić information content (AvgIpc) is 2.27. The van der Waals surface area contributed by atoms with Crippen molar-refractivity contribution in [2.75, 3.05) is 0 Å². The van der Waals surface area contributed by atoms with Crippen molar-refractivity contribution in [3.05, 3.63) is 33.9 Å². The maximum Gasteiger partial charge on any atom is 0.311 e. The molecule has 6 nitrogen and oxygen atoms in total. The maximum absolute atomic E-state index is 11.0. The van der Waals surface area contributed by atoms with Crippen LogP contribution in [0.15, 0.2) is 18.2 Å². The van der Waals surface area contributed by atoms with Gasteiger partial charge in [-0.3, -0.25) is 14.9 Å². The average molecular weight is 265 g/mol. The van der Waals surface area contributed by atoms with Crippen LogP contribution in [-0.4, -0.2) is 21.6 Å². The van der Waals surface area contributed by atoms with E-state index in [0.717, 1.165) is 12.0 Å². The van der Waals surface area contributed by atoms with Gasteiger partial charge in [0.25, 0.3) is 0 Å². The number of hydrogen-bond donors (Lipinski definition) is 1. The highest BCUT2D eigenvalue weighted by molar-refractivity contribution is 5.68. The van der Waals surface area contributed by atoms with E-state index < -0.39 is 16.5 Å². The third kappa shape index (κ3) is 2.83. The molecule has 1 N–H and O–H groups in total. The Hall–Kier alpha value is -2.11. The molecule has 102 valence electrons. The number of nitro groups is 1. The monoisotopic (exact) mass is 265 g/mol. The summed E-state index contributed by atoms with van der Waals surface area (Å²) in [5.41, 5.74) is -0.136. The number of benzene rings is 1. The number of aliphatic carboxylic acids is 1. The maximum atomic E-state index is 11.0. The summed E-state index contributed by atoms with van der Waals surface area (Å²) in [6.45, 7) is 1.76. The molecule has 0 atom stereocenters. The van der Waals surface area contributed by atoms with Crippen molar-refractivity contribution in [1.82, 2.24) is 0 Å². The topological polar surface area (TPSA) is 89.7 Å². The molecule has 1 aliphatic carbocycles. The zero-order valence-corrected chi connectivity index (χ0v) is 10.6. The summed E-state index contributed by atoms with van der Waals surface area (Å²) in [7, 11) is 0. The van der Waals surface area contributed by atoms with Gasteiger partial charge in [-0.2, -0.15) is 0 Å². The van der Waals surface area contributed by atoms with Crippen LogP contribution in [0.3, 0.4) is 0 Å². The molecule has 1 aliphatic rings. The Bertz CT molecular complexity index is 522. The van der Waals surface area contributed by atoms with Crippen molar-refractivity contribution in [3.8, 4) is 5.75 Å². The van der Waals surface area contributed by atoms with E-state index in [4.69, 9.17) is 9.84 Å². The van der Waals surface area contributed by atoms with Gasteiger partial charge in [0.2, 0.25) is 0 Å². The molecule has 1 aromatic carbocycles. The highest BCUT2D eigenvalue weighted by atomic mass is 16.6. The molecule has 0 radical (unpaired) electrons. The second-order valence-corrected chi connectivity index (χ2v) is 4.94. The van der Waals surface area contributed by atoms with Gasteiger partial charge in [0.1, 0.15) is 5.60 Å². The van der Waals surface area contributed by atoms with Gasteiger partial charge in [-0.05, 0) is 37.8 Å². The quantitative estimate of drug-likeness (QED) is 0.653. The van der Waals surface area contributed by atoms with Crippen LogP contribution >= 0.6 is 0 Å². The summed E-state index contributed by atoms with van der Waals surface area (Å²) in [6.07, 6.45) is 1.99. The molecule has 1 fully saturated rings. The number of hydrogen-bond acceptors (Lipinski definition) is 4. The number of aryl methyl sites for hydroxylation is 1. The van der Waals surface area contributed by atoms with Crippen molar-refractivity contribution in [3.63, 3.8) is 0 Å². The zero-order chi connectivity index (χ0) is 14.0. The van der Waals surface area contributed by atoms with Gasteiger partial charge in [0, 0.05) is 6.07 Å². The predicted octanol–water partition coefficient (Wildman–Crippen LogP) is 2.68. The molecule has 0 aromatic heterocycles. The van der Waals surface area contributed by atoms with Gasteiger partial charge < -0.3 is 9.84 Å². The molecule has 1 saturated carbocycles. The van der Waals surface area contributed by atoms with E-state index in [1.165, 1.54) is 12.1 Å². The van der Waals surface area contributed by atoms with Gasteiger partial charge >= 0.3 is 11.7 Å². The number of nitro benzene ring substituents is 1. The minimum atomic E-state index is -0.950. The molecule has 0 heterocycles. The van der Waals surface area contributed by atoms with E-state index >= 15 is 0 Å². The van der Waals surface area contributed by atoms with Gasteiger partial charge in [0.15, 0.2) is 5.75 Å². The number of carboxylic acid groups (broad SMARTS) is 1. The van der Waals surface area contributed by atoms with Crippen molar-refractivity contribution >= 4 is 11.7 Å². The SMILES string of the molecule is Cc1ccc(OC2(CC(=O)O)CCC2)c([N+](=O)[O-])c1. The second-order valence-electron chi connectivity index (χ2n) is 4.94. The lowest BCUT2D eigenvalue weighted by atomic mass is 9.77. The minimum Gasteiger partial charge on any atom is -0.481 e. The Morgan fingerprint density at radius 3 is 2.68 bits per heavy atom. The molecule has 6 heteroatoms. The van der Waals surface area contributed by atoms with E-state index in [-0.39, 0.29) is 17.9 Å². The van der Waals surface area contributed by atoms with E-state index in [0.29, 0.717) is 12.8 Å². The molecule has 1 aromatic rings. The molecule has 0 bridgehead atoms. The fraction of sp³-hybridized carbons (Fsp3) is 0.462. The minimum absolute atomic E-state index is 0.114. The van der Waals surface area contributed by atoms with Crippen molar-refractivity contribution in [2.24, 2.45) is 0 Å². The molecular formula is C13H15NO5. The second kappa shape index (κ2) is 4.87. The smallest absolute Gasteiger partial charge is 0.311 e. The van der Waals surface area contributed by atoms with E-state index in [1.54, 1.807) is 13.0 Å². The van der Waals surface area contributed by atoms with Crippen molar-refractivity contribution < 1.29 is 19.6 Å². The van der Waals surface area contributed by atoms with Crippen LogP contribution < -0.4 is 4.74 Å². The van der Waals surface area contributed by atoms with Gasteiger partial charge in [0.05, 0.1) is 11.3 Å². The fourth-order valence-corrected chi connectivity index (χ4v) is 2.25. The standard InChI is InChI=1S/C13H15NO5/c1-9-3-4-11(10(7-9)14(17)18)19-13(5-2-6-13)8-12(15)16/h3-4,7H,2,5-6,8H2,1H3,(H,15,16). The lowest BCUT2D eigenvalue weighted by Crippen LogP contribution is -2.45. The third-order valence-corrected chi connectivity index (χ3v) is 3.38. The summed E-state index contributed by atoms with van der Waals surface area (Å²) in [5, 5.41) is 19.9.